The molecule has 0 atom stereocenters. The van der Waals surface area contributed by atoms with E-state index < -0.39 is 0 Å². The highest BCUT2D eigenvalue weighted by Crippen LogP contribution is 2.18. The summed E-state index contributed by atoms with van der Waals surface area (Å²) in [5.74, 6) is 3.06. The Hall–Kier alpha value is -2.04. The van der Waals surface area contributed by atoms with Gasteiger partial charge >= 0.3 is 0 Å². The molecule has 24 heavy (non-hydrogen) atoms. The van der Waals surface area contributed by atoms with E-state index in [0.717, 1.165) is 17.3 Å². The summed E-state index contributed by atoms with van der Waals surface area (Å²) in [5, 5.41) is 10.4. The van der Waals surface area contributed by atoms with E-state index in [0.29, 0.717) is 25.7 Å². The van der Waals surface area contributed by atoms with Gasteiger partial charge in [-0.25, -0.2) is 4.98 Å². The number of nitrogens with one attached hydrogen (secondary N) is 2. The van der Waals surface area contributed by atoms with Gasteiger partial charge in [-0.1, -0.05) is 6.07 Å². The molecule has 2 rings (SSSR count). The Morgan fingerprint density at radius 2 is 2.08 bits per heavy atom. The minimum Gasteiger partial charge on any atom is -0.497 e. The van der Waals surface area contributed by atoms with Gasteiger partial charge in [0, 0.05) is 20.2 Å². The molecule has 2 N–H and O–H groups in total. The van der Waals surface area contributed by atoms with Gasteiger partial charge < -0.3 is 20.1 Å². The molecule has 9 heteroatoms. The second-order valence-corrected chi connectivity index (χ2v) is 4.68. The van der Waals surface area contributed by atoms with E-state index in [1.54, 1.807) is 18.8 Å². The van der Waals surface area contributed by atoms with Crippen LogP contribution in [0.1, 0.15) is 5.82 Å². The number of guanidine groups is 1. The van der Waals surface area contributed by atoms with Crippen LogP contribution in [-0.4, -0.2) is 48.0 Å². The Kier molecular flexibility index (Phi) is 8.90. The van der Waals surface area contributed by atoms with Gasteiger partial charge in [0.25, 0.3) is 0 Å². The van der Waals surface area contributed by atoms with Crippen LogP contribution in [0.2, 0.25) is 0 Å². The maximum Gasteiger partial charge on any atom is 0.191 e. The number of rotatable bonds is 7. The number of methoxy groups -OCH3 is 1. The highest BCUT2D eigenvalue weighted by atomic mass is 127. The van der Waals surface area contributed by atoms with E-state index in [4.69, 9.17) is 9.47 Å². The molecule has 0 saturated carbocycles. The van der Waals surface area contributed by atoms with E-state index in [9.17, 15) is 0 Å². The molecule has 0 aliphatic heterocycles. The fourth-order valence-corrected chi connectivity index (χ4v) is 1.89. The third-order valence-electron chi connectivity index (χ3n) is 3.15. The summed E-state index contributed by atoms with van der Waals surface area (Å²) < 4.78 is 12.5. The van der Waals surface area contributed by atoms with Gasteiger partial charge in [-0.15, -0.1) is 24.0 Å². The van der Waals surface area contributed by atoms with Crippen molar-refractivity contribution in [1.82, 2.24) is 25.4 Å². The summed E-state index contributed by atoms with van der Waals surface area (Å²) in [4.78, 5) is 8.30. The molecule has 1 aromatic heterocycles. The van der Waals surface area contributed by atoms with Gasteiger partial charge in [-0.3, -0.25) is 9.67 Å². The highest BCUT2D eigenvalue weighted by Gasteiger charge is 2.02. The molecule has 1 aromatic carbocycles. The lowest BCUT2D eigenvalue weighted by Crippen LogP contribution is -2.39. The van der Waals surface area contributed by atoms with Gasteiger partial charge in [0.1, 0.15) is 30.3 Å². The number of benzene rings is 1. The molecule has 0 amide bonds. The van der Waals surface area contributed by atoms with Crippen molar-refractivity contribution < 1.29 is 9.47 Å². The monoisotopic (exact) mass is 446 g/mol. The average molecular weight is 446 g/mol. The van der Waals surface area contributed by atoms with Crippen molar-refractivity contribution in [2.45, 2.75) is 6.54 Å². The Labute approximate surface area is 158 Å². The quantitative estimate of drug-likeness (QED) is 0.288. The molecule has 8 nitrogen and oxygen atoms in total. The van der Waals surface area contributed by atoms with Crippen molar-refractivity contribution >= 4 is 29.9 Å². The summed E-state index contributed by atoms with van der Waals surface area (Å²) in [5.41, 5.74) is 0. The topological polar surface area (TPSA) is 85.6 Å². The first-order chi connectivity index (χ1) is 11.2. The second kappa shape index (κ2) is 10.7. The molecule has 0 fully saturated rings. The smallest absolute Gasteiger partial charge is 0.191 e. The first kappa shape index (κ1) is 20.0. The summed E-state index contributed by atoms with van der Waals surface area (Å²) in [6.07, 6.45) is 1.52. The zero-order chi connectivity index (χ0) is 16.5. The van der Waals surface area contributed by atoms with E-state index in [1.807, 2.05) is 31.3 Å². The van der Waals surface area contributed by atoms with Crippen molar-refractivity contribution in [3.05, 3.63) is 36.4 Å². The number of hydrogen-bond acceptors (Lipinski definition) is 5. The van der Waals surface area contributed by atoms with E-state index >= 15 is 0 Å². The van der Waals surface area contributed by atoms with Crippen LogP contribution in [0.4, 0.5) is 0 Å². The van der Waals surface area contributed by atoms with Gasteiger partial charge in [-0.05, 0) is 12.1 Å². The maximum atomic E-state index is 5.66. The minimum atomic E-state index is 0. The van der Waals surface area contributed by atoms with E-state index in [2.05, 4.69) is 25.7 Å². The lowest BCUT2D eigenvalue weighted by atomic mass is 10.3. The second-order valence-electron chi connectivity index (χ2n) is 4.68. The van der Waals surface area contributed by atoms with Crippen LogP contribution in [0.3, 0.4) is 0 Å². The number of aryl methyl sites for hydroxylation is 1. The third kappa shape index (κ3) is 6.22. The van der Waals surface area contributed by atoms with Gasteiger partial charge in [0.2, 0.25) is 0 Å². The van der Waals surface area contributed by atoms with Crippen molar-refractivity contribution in [2.75, 3.05) is 27.3 Å². The zero-order valence-corrected chi connectivity index (χ0v) is 16.4. The largest absolute Gasteiger partial charge is 0.497 e. The van der Waals surface area contributed by atoms with Gasteiger partial charge in [-0.2, -0.15) is 5.10 Å². The lowest BCUT2D eigenvalue weighted by Gasteiger charge is -2.12. The van der Waals surface area contributed by atoms with Crippen LogP contribution in [0, 0.1) is 0 Å². The van der Waals surface area contributed by atoms with Crippen LogP contribution >= 0.6 is 24.0 Å². The Balaban J connectivity index is 0.00000288. The minimum absolute atomic E-state index is 0. The standard InChI is InChI=1S/C15H22N6O2.HI/c1-16-15(18-10-14-19-11-20-21(14)2)17-7-8-23-13-6-4-5-12(9-13)22-3;/h4-6,9,11H,7-8,10H2,1-3H3,(H2,16,17,18);1H. The molecule has 0 spiro atoms. The molecular formula is C15H23IN6O2. The number of ether oxygens (including phenoxy) is 2. The predicted molar refractivity (Wildman–Crippen MR) is 103 cm³/mol. The van der Waals surface area contributed by atoms with E-state index in [1.165, 1.54) is 6.33 Å². The molecule has 132 valence electrons. The van der Waals surface area contributed by atoms with Gasteiger partial charge in [0.05, 0.1) is 20.2 Å². The van der Waals surface area contributed by atoms with Gasteiger partial charge in [0.15, 0.2) is 5.96 Å². The number of aromatic nitrogens is 3. The fraction of sp³-hybridized carbons (Fsp3) is 0.400. The Morgan fingerprint density at radius 3 is 2.75 bits per heavy atom. The molecular weight excluding hydrogens is 423 g/mol. The first-order valence-corrected chi connectivity index (χ1v) is 7.27. The fourth-order valence-electron chi connectivity index (χ4n) is 1.89. The molecule has 0 saturated heterocycles. The number of nitrogens with zero attached hydrogens (tertiary/aromatic N) is 4. The van der Waals surface area contributed by atoms with Crippen molar-refractivity contribution in [3.8, 4) is 11.5 Å². The number of halogens is 1. The lowest BCUT2D eigenvalue weighted by molar-refractivity contribution is 0.319. The van der Waals surface area contributed by atoms with Crippen LogP contribution in [-0.2, 0) is 13.6 Å². The SMILES string of the molecule is CN=C(NCCOc1cccc(OC)c1)NCc1ncnn1C.I. The zero-order valence-electron chi connectivity index (χ0n) is 14.0. The Bertz CT molecular complexity index is 646. The van der Waals surface area contributed by atoms with Crippen molar-refractivity contribution in [2.24, 2.45) is 12.0 Å². The molecule has 0 aliphatic rings. The van der Waals surface area contributed by atoms with Crippen molar-refractivity contribution in [3.63, 3.8) is 0 Å². The first-order valence-electron chi connectivity index (χ1n) is 7.27. The summed E-state index contributed by atoms with van der Waals surface area (Å²) >= 11 is 0. The van der Waals surface area contributed by atoms with Crippen LogP contribution in [0.25, 0.3) is 0 Å². The molecule has 1 heterocycles. The average Bonchev–Trinajstić information content (AvgIpc) is 2.99. The maximum absolute atomic E-state index is 5.66. The summed E-state index contributed by atoms with van der Waals surface area (Å²) in [6, 6.07) is 7.51. The Morgan fingerprint density at radius 1 is 1.29 bits per heavy atom. The third-order valence-corrected chi connectivity index (χ3v) is 3.15. The number of hydrogen-bond donors (Lipinski definition) is 2. The molecule has 0 bridgehead atoms. The van der Waals surface area contributed by atoms with Crippen LogP contribution < -0.4 is 20.1 Å². The molecule has 0 radical (unpaired) electrons. The normalized spacial score (nSPS) is 10.7. The molecule has 2 aromatic rings. The summed E-state index contributed by atoms with van der Waals surface area (Å²) in [6.45, 7) is 1.68. The van der Waals surface area contributed by atoms with E-state index in [-0.39, 0.29) is 24.0 Å². The molecule has 0 unspecified atom stereocenters. The number of aliphatic imine (C=N–C) groups is 1. The molecule has 0 aliphatic carbocycles. The van der Waals surface area contributed by atoms with Crippen LogP contribution in [0.5, 0.6) is 11.5 Å². The van der Waals surface area contributed by atoms with Crippen LogP contribution in [0.15, 0.2) is 35.6 Å². The predicted octanol–water partition coefficient (Wildman–Crippen LogP) is 1.19. The summed E-state index contributed by atoms with van der Waals surface area (Å²) in [7, 11) is 5.20. The van der Waals surface area contributed by atoms with Crippen molar-refractivity contribution in [1.29, 1.82) is 0 Å². The highest BCUT2D eigenvalue weighted by molar-refractivity contribution is 14.0.